The number of alkyl halides is 1. The van der Waals surface area contributed by atoms with E-state index in [0.29, 0.717) is 24.5 Å². The highest BCUT2D eigenvalue weighted by Crippen LogP contribution is 2.30. The van der Waals surface area contributed by atoms with Crippen LogP contribution in [-0.4, -0.2) is 19.4 Å². The molecule has 0 aliphatic heterocycles. The molecule has 192 valence electrons. The summed E-state index contributed by atoms with van der Waals surface area (Å²) >= 11 is 0. The Morgan fingerprint density at radius 3 is 2.11 bits per heavy atom. The molecule has 1 aliphatic rings. The Morgan fingerprint density at radius 2 is 1.41 bits per heavy atom. The third kappa shape index (κ3) is 7.92. The van der Waals surface area contributed by atoms with Gasteiger partial charge in [0.05, 0.1) is 24.8 Å². The summed E-state index contributed by atoms with van der Waals surface area (Å²) < 4.78 is 39.3. The van der Waals surface area contributed by atoms with Crippen LogP contribution in [0.1, 0.15) is 62.0 Å². The van der Waals surface area contributed by atoms with Crippen LogP contribution < -0.4 is 4.74 Å². The summed E-state index contributed by atoms with van der Waals surface area (Å²) in [5.41, 5.74) is 1.43. The third-order valence-electron chi connectivity index (χ3n) is 6.66. The summed E-state index contributed by atoms with van der Waals surface area (Å²) in [7, 11) is 0. The number of benzene rings is 3. The van der Waals surface area contributed by atoms with E-state index in [0.717, 1.165) is 54.2 Å². The molecule has 3 aromatic carbocycles. The number of ether oxygens (including phenoxy) is 2. The molecule has 0 heterocycles. The second-order valence-corrected chi connectivity index (χ2v) is 9.46. The van der Waals surface area contributed by atoms with Crippen LogP contribution in [0.5, 0.6) is 5.75 Å². The largest absolute Gasteiger partial charge is 0.494 e. The van der Waals surface area contributed by atoms with Crippen molar-refractivity contribution in [2.45, 2.75) is 57.0 Å². The molecule has 0 fully saturated rings. The molecule has 0 aromatic heterocycles. The van der Waals surface area contributed by atoms with Crippen LogP contribution in [0.15, 0.2) is 84.7 Å². The fraction of sp³-hybridized carbons (Fsp3) is 0.344. The van der Waals surface area contributed by atoms with Gasteiger partial charge >= 0.3 is 0 Å². The highest BCUT2D eigenvalue weighted by molar-refractivity contribution is 5.85. The minimum Gasteiger partial charge on any atom is -0.494 e. The highest BCUT2D eigenvalue weighted by atomic mass is 19.1. The zero-order valence-electron chi connectivity index (χ0n) is 21.0. The van der Waals surface area contributed by atoms with Gasteiger partial charge < -0.3 is 9.47 Å². The minimum absolute atomic E-state index is 0.317. The van der Waals surface area contributed by atoms with Crippen LogP contribution >= 0.6 is 0 Å². The Hall–Kier alpha value is -3.65. The molecule has 5 heteroatoms. The number of halogens is 2. The molecule has 2 atom stereocenters. The summed E-state index contributed by atoms with van der Waals surface area (Å²) in [6, 6.07) is 19.8. The third-order valence-corrected chi connectivity index (χ3v) is 6.66. The number of unbranched alkanes of at least 4 members (excludes halogenated alkanes) is 6. The molecular formula is C32H33F2NO2. The van der Waals surface area contributed by atoms with Crippen LogP contribution in [0.3, 0.4) is 0 Å². The molecule has 0 radical (unpaired) electrons. The topological polar surface area (TPSA) is 42.2 Å². The molecule has 1 aliphatic carbocycles. The van der Waals surface area contributed by atoms with Gasteiger partial charge in [-0.05, 0) is 77.7 Å². The number of rotatable bonds is 13. The van der Waals surface area contributed by atoms with Gasteiger partial charge in [-0.1, -0.05) is 62.4 Å². The molecule has 0 saturated heterocycles. The highest BCUT2D eigenvalue weighted by Gasteiger charge is 2.22. The van der Waals surface area contributed by atoms with Gasteiger partial charge in [0.2, 0.25) is 0 Å². The van der Waals surface area contributed by atoms with Crippen molar-refractivity contribution in [3.05, 3.63) is 102 Å². The summed E-state index contributed by atoms with van der Waals surface area (Å²) in [5.74, 6) is 0.723. The van der Waals surface area contributed by atoms with E-state index in [2.05, 4.69) is 6.07 Å². The fourth-order valence-corrected chi connectivity index (χ4v) is 4.55. The molecule has 0 amide bonds. The first kappa shape index (κ1) is 26.4. The fourth-order valence-electron chi connectivity index (χ4n) is 4.55. The van der Waals surface area contributed by atoms with Gasteiger partial charge in [0.1, 0.15) is 23.5 Å². The Bertz CT molecular complexity index is 1260. The standard InChI is InChI=1S/C32H33F2NO2/c33-28-13-10-25(11-14-28)31-17-16-30(22-32(31)34)37-19-7-5-3-1-2-4-6-18-36-29-15-12-26-20-24(23-35)8-9-27(26)21-29/h8-17,20-22,31-32H,1-7,18-19H2. The molecule has 3 aromatic rings. The molecule has 3 nitrogen and oxygen atoms in total. The van der Waals surface area contributed by atoms with Crippen molar-refractivity contribution in [3.8, 4) is 11.8 Å². The van der Waals surface area contributed by atoms with E-state index in [1.54, 1.807) is 18.2 Å². The average molecular weight is 502 g/mol. The van der Waals surface area contributed by atoms with Crippen LogP contribution in [0.4, 0.5) is 8.78 Å². The summed E-state index contributed by atoms with van der Waals surface area (Å²) in [5, 5.41) is 11.1. The first-order valence-electron chi connectivity index (χ1n) is 13.1. The van der Waals surface area contributed by atoms with E-state index in [9.17, 15) is 8.78 Å². The molecule has 37 heavy (non-hydrogen) atoms. The van der Waals surface area contributed by atoms with Crippen LogP contribution in [0, 0.1) is 17.1 Å². The smallest absolute Gasteiger partial charge is 0.132 e. The molecule has 2 unspecified atom stereocenters. The lowest BCUT2D eigenvalue weighted by Crippen LogP contribution is -2.14. The second kappa shape index (κ2) is 13.6. The summed E-state index contributed by atoms with van der Waals surface area (Å²) in [6.45, 7) is 1.29. The predicted octanol–water partition coefficient (Wildman–Crippen LogP) is 8.55. The summed E-state index contributed by atoms with van der Waals surface area (Å²) in [6.07, 6.45) is 11.7. The lowest BCUT2D eigenvalue weighted by atomic mass is 9.90. The van der Waals surface area contributed by atoms with Gasteiger partial charge in [-0.25, -0.2) is 8.78 Å². The number of hydrogen-bond acceptors (Lipinski definition) is 3. The van der Waals surface area contributed by atoms with Crippen LogP contribution in [-0.2, 0) is 4.74 Å². The normalized spacial score (nSPS) is 16.8. The van der Waals surface area contributed by atoms with Crippen molar-refractivity contribution in [2.24, 2.45) is 0 Å². The number of nitriles is 1. The lowest BCUT2D eigenvalue weighted by molar-refractivity contribution is 0.208. The lowest BCUT2D eigenvalue weighted by Gasteiger charge is -2.21. The molecule has 0 bridgehead atoms. The van der Waals surface area contributed by atoms with Crippen molar-refractivity contribution in [1.82, 2.24) is 0 Å². The maximum atomic E-state index is 14.6. The zero-order chi connectivity index (χ0) is 25.9. The van der Waals surface area contributed by atoms with Crippen molar-refractivity contribution >= 4 is 10.8 Å². The second-order valence-electron chi connectivity index (χ2n) is 9.46. The van der Waals surface area contributed by atoms with Crippen LogP contribution in [0.2, 0.25) is 0 Å². The molecular weight excluding hydrogens is 468 g/mol. The first-order chi connectivity index (χ1) is 18.1. The van der Waals surface area contributed by atoms with Crippen LogP contribution in [0.25, 0.3) is 10.8 Å². The maximum absolute atomic E-state index is 14.6. The van der Waals surface area contributed by atoms with Gasteiger partial charge in [-0.2, -0.15) is 5.26 Å². The van der Waals surface area contributed by atoms with Gasteiger partial charge in [0.15, 0.2) is 0 Å². The van der Waals surface area contributed by atoms with Crippen molar-refractivity contribution in [2.75, 3.05) is 13.2 Å². The summed E-state index contributed by atoms with van der Waals surface area (Å²) in [4.78, 5) is 0. The Kier molecular flexibility index (Phi) is 9.71. The van der Waals surface area contributed by atoms with Gasteiger partial charge in [0, 0.05) is 5.92 Å². The Balaban J connectivity index is 1.02. The van der Waals surface area contributed by atoms with Crippen molar-refractivity contribution in [3.63, 3.8) is 0 Å². The van der Waals surface area contributed by atoms with Gasteiger partial charge in [-0.15, -0.1) is 0 Å². The zero-order valence-corrected chi connectivity index (χ0v) is 21.0. The molecule has 0 saturated carbocycles. The monoisotopic (exact) mass is 501 g/mol. The van der Waals surface area contributed by atoms with E-state index in [4.69, 9.17) is 14.7 Å². The quantitative estimate of drug-likeness (QED) is 0.220. The van der Waals surface area contributed by atoms with Crippen molar-refractivity contribution in [1.29, 1.82) is 5.26 Å². The number of hydrogen-bond donors (Lipinski definition) is 0. The van der Waals surface area contributed by atoms with E-state index in [-0.39, 0.29) is 5.82 Å². The Labute approximate surface area is 218 Å². The number of allylic oxidation sites excluding steroid dienone is 3. The van der Waals surface area contributed by atoms with Gasteiger partial charge in [-0.3, -0.25) is 0 Å². The van der Waals surface area contributed by atoms with E-state index in [1.807, 2.05) is 42.5 Å². The SMILES string of the molecule is N#Cc1ccc2cc(OCCCCCCCCCOC3=CC(F)C(c4ccc(F)cc4)C=C3)ccc2c1. The average Bonchev–Trinajstić information content (AvgIpc) is 2.92. The molecule has 4 rings (SSSR count). The van der Waals surface area contributed by atoms with E-state index >= 15 is 0 Å². The maximum Gasteiger partial charge on any atom is 0.132 e. The van der Waals surface area contributed by atoms with Gasteiger partial charge in [0.25, 0.3) is 0 Å². The minimum atomic E-state index is -1.17. The predicted molar refractivity (Wildman–Crippen MR) is 144 cm³/mol. The first-order valence-corrected chi connectivity index (χ1v) is 13.1. The van der Waals surface area contributed by atoms with Crippen molar-refractivity contribution < 1.29 is 18.3 Å². The number of nitrogens with zero attached hydrogens (tertiary/aromatic N) is 1. The Morgan fingerprint density at radius 1 is 0.757 bits per heavy atom. The molecule has 0 N–H and O–H groups in total. The van der Waals surface area contributed by atoms with E-state index < -0.39 is 12.1 Å². The molecule has 0 spiro atoms. The van der Waals surface area contributed by atoms with E-state index in [1.165, 1.54) is 31.1 Å². The number of fused-ring (bicyclic) bond motifs is 1.